The highest BCUT2D eigenvalue weighted by molar-refractivity contribution is 8.14. The van der Waals surface area contributed by atoms with Gasteiger partial charge in [-0.25, -0.2) is 0 Å². The summed E-state index contributed by atoms with van der Waals surface area (Å²) in [6.07, 6.45) is 5.62. The van der Waals surface area contributed by atoms with Crippen molar-refractivity contribution in [1.82, 2.24) is 10.2 Å². The number of rotatable bonds is 5. The van der Waals surface area contributed by atoms with Crippen LogP contribution in [0.5, 0.6) is 0 Å². The lowest BCUT2D eigenvalue weighted by molar-refractivity contribution is 0.249. The molecule has 0 radical (unpaired) electrons. The summed E-state index contributed by atoms with van der Waals surface area (Å²) in [4.78, 5) is 7.10. The number of likely N-dealkylation sites (N-methyl/N-ethyl adjacent to an activating group) is 1. The minimum atomic E-state index is 0.681. The second-order valence-corrected chi connectivity index (χ2v) is 7.12. The van der Waals surface area contributed by atoms with Crippen LogP contribution in [-0.2, 0) is 0 Å². The maximum absolute atomic E-state index is 4.58. The van der Waals surface area contributed by atoms with Crippen LogP contribution in [-0.4, -0.2) is 48.0 Å². The molecular weight excluding hydrogens is 242 g/mol. The van der Waals surface area contributed by atoms with E-state index in [2.05, 4.69) is 36.1 Å². The van der Waals surface area contributed by atoms with Crippen LogP contribution in [0.25, 0.3) is 0 Å². The van der Waals surface area contributed by atoms with Crippen molar-refractivity contribution in [2.45, 2.75) is 50.8 Å². The number of hydrogen-bond acceptors (Lipinski definition) is 4. The molecule has 18 heavy (non-hydrogen) atoms. The van der Waals surface area contributed by atoms with E-state index in [4.69, 9.17) is 0 Å². The smallest absolute Gasteiger partial charge is 0.156 e. The van der Waals surface area contributed by atoms with Crippen molar-refractivity contribution in [2.24, 2.45) is 10.9 Å². The summed E-state index contributed by atoms with van der Waals surface area (Å²) in [6.45, 7) is 7.72. The van der Waals surface area contributed by atoms with E-state index in [1.165, 1.54) is 25.7 Å². The summed E-state index contributed by atoms with van der Waals surface area (Å²) < 4.78 is 0. The predicted molar refractivity (Wildman–Crippen MR) is 81.4 cm³/mol. The summed E-state index contributed by atoms with van der Waals surface area (Å²) in [6, 6.07) is 0.827. The van der Waals surface area contributed by atoms with Gasteiger partial charge in [0.15, 0.2) is 5.17 Å². The van der Waals surface area contributed by atoms with Crippen LogP contribution >= 0.6 is 11.8 Å². The second kappa shape index (κ2) is 6.80. The molecule has 0 saturated heterocycles. The van der Waals surface area contributed by atoms with Gasteiger partial charge in [-0.15, -0.1) is 0 Å². The number of thioether (sulfide) groups is 1. The van der Waals surface area contributed by atoms with Crippen molar-refractivity contribution >= 4 is 16.9 Å². The van der Waals surface area contributed by atoms with Gasteiger partial charge in [0, 0.05) is 24.4 Å². The lowest BCUT2D eigenvalue weighted by atomic mass is 10.1. The predicted octanol–water partition coefficient (Wildman–Crippen LogP) is 2.58. The van der Waals surface area contributed by atoms with Crippen molar-refractivity contribution in [3.63, 3.8) is 0 Å². The first-order valence-electron chi connectivity index (χ1n) is 7.32. The molecule has 4 heteroatoms. The molecule has 1 aliphatic carbocycles. The van der Waals surface area contributed by atoms with Gasteiger partial charge in [-0.1, -0.05) is 38.5 Å². The fraction of sp³-hybridized carbons (Fsp3) is 0.929. The normalized spacial score (nSPS) is 25.2. The highest BCUT2D eigenvalue weighted by Crippen LogP contribution is 2.26. The number of nitrogens with zero attached hydrogens (tertiary/aromatic N) is 2. The minimum Gasteiger partial charge on any atom is -0.364 e. The van der Waals surface area contributed by atoms with E-state index in [0.717, 1.165) is 36.8 Å². The lowest BCUT2D eigenvalue weighted by Crippen LogP contribution is -2.36. The first-order chi connectivity index (χ1) is 8.66. The molecule has 0 bridgehead atoms. The molecule has 2 aliphatic rings. The van der Waals surface area contributed by atoms with Gasteiger partial charge >= 0.3 is 0 Å². The molecule has 1 saturated carbocycles. The van der Waals surface area contributed by atoms with Crippen molar-refractivity contribution in [2.75, 3.05) is 26.7 Å². The fourth-order valence-corrected chi connectivity index (χ4v) is 3.74. The monoisotopic (exact) mass is 269 g/mol. The van der Waals surface area contributed by atoms with Crippen molar-refractivity contribution in [3.8, 4) is 0 Å². The average molecular weight is 269 g/mol. The van der Waals surface area contributed by atoms with Gasteiger partial charge in [0.05, 0.1) is 6.54 Å². The Morgan fingerprint density at radius 1 is 1.39 bits per heavy atom. The maximum atomic E-state index is 4.58. The highest BCUT2D eigenvalue weighted by Gasteiger charge is 2.23. The molecule has 0 spiro atoms. The van der Waals surface area contributed by atoms with E-state index in [1.807, 2.05) is 11.8 Å². The molecule has 1 atom stereocenters. The first-order valence-corrected chi connectivity index (χ1v) is 8.20. The van der Waals surface area contributed by atoms with Crippen molar-refractivity contribution < 1.29 is 0 Å². The van der Waals surface area contributed by atoms with Crippen LogP contribution in [0.4, 0.5) is 0 Å². The zero-order valence-corrected chi connectivity index (χ0v) is 12.8. The maximum Gasteiger partial charge on any atom is 0.156 e. The van der Waals surface area contributed by atoms with Crippen LogP contribution < -0.4 is 5.32 Å². The van der Waals surface area contributed by atoms with E-state index >= 15 is 0 Å². The quantitative estimate of drug-likeness (QED) is 0.831. The van der Waals surface area contributed by atoms with E-state index < -0.39 is 0 Å². The van der Waals surface area contributed by atoms with E-state index in [-0.39, 0.29) is 0 Å². The Balaban J connectivity index is 1.61. The molecule has 0 aromatic rings. The minimum absolute atomic E-state index is 0.681. The van der Waals surface area contributed by atoms with Gasteiger partial charge in [-0.05, 0) is 25.8 Å². The van der Waals surface area contributed by atoms with Gasteiger partial charge in [-0.2, -0.15) is 0 Å². The first kappa shape index (κ1) is 14.2. The zero-order valence-electron chi connectivity index (χ0n) is 12.0. The average Bonchev–Trinajstić information content (AvgIpc) is 3.00. The highest BCUT2D eigenvalue weighted by atomic mass is 32.2. The molecule has 104 valence electrons. The Labute approximate surface area is 116 Å². The molecular formula is C14H27N3S. The third kappa shape index (κ3) is 3.89. The molecule has 1 heterocycles. The topological polar surface area (TPSA) is 27.6 Å². The van der Waals surface area contributed by atoms with Crippen LogP contribution in [0.3, 0.4) is 0 Å². The number of nitrogens with one attached hydrogen (secondary N) is 1. The Hall–Kier alpha value is -0.220. The number of aliphatic imine (C=N–C) groups is 1. The van der Waals surface area contributed by atoms with Gasteiger partial charge in [0.25, 0.3) is 0 Å². The van der Waals surface area contributed by atoms with Crippen LogP contribution in [0.15, 0.2) is 4.99 Å². The molecule has 1 aliphatic heterocycles. The zero-order chi connectivity index (χ0) is 13.0. The molecule has 0 amide bonds. The van der Waals surface area contributed by atoms with E-state index in [1.54, 1.807) is 0 Å². The SMILES string of the molecule is CC(C)C1CN=C(NCCN(C)C2CCCC2)S1. The third-order valence-corrected chi connectivity index (χ3v) is 5.60. The number of hydrogen-bond donors (Lipinski definition) is 1. The Kier molecular flexibility index (Phi) is 5.37. The third-order valence-electron chi connectivity index (χ3n) is 4.11. The largest absolute Gasteiger partial charge is 0.364 e. The summed E-state index contributed by atoms with van der Waals surface area (Å²) in [7, 11) is 2.26. The summed E-state index contributed by atoms with van der Waals surface area (Å²) in [5, 5.41) is 5.33. The van der Waals surface area contributed by atoms with Gasteiger partial charge < -0.3 is 10.2 Å². The number of amidine groups is 1. The van der Waals surface area contributed by atoms with E-state index in [0.29, 0.717) is 5.25 Å². The van der Waals surface area contributed by atoms with E-state index in [9.17, 15) is 0 Å². The summed E-state index contributed by atoms with van der Waals surface area (Å²) in [5.41, 5.74) is 0. The molecule has 1 unspecified atom stereocenters. The van der Waals surface area contributed by atoms with Crippen LogP contribution in [0.1, 0.15) is 39.5 Å². The molecule has 1 N–H and O–H groups in total. The van der Waals surface area contributed by atoms with Crippen molar-refractivity contribution in [3.05, 3.63) is 0 Å². The molecule has 1 fully saturated rings. The standard InChI is InChI=1S/C14H27N3S/c1-11(2)13-10-16-14(18-13)15-8-9-17(3)12-6-4-5-7-12/h11-13H,4-10H2,1-3H3,(H,15,16). The molecule has 0 aromatic carbocycles. The Morgan fingerprint density at radius 3 is 2.72 bits per heavy atom. The van der Waals surface area contributed by atoms with Gasteiger partial charge in [0.1, 0.15) is 0 Å². The lowest BCUT2D eigenvalue weighted by Gasteiger charge is -2.24. The fourth-order valence-electron chi connectivity index (χ4n) is 2.70. The Bertz CT molecular complexity index is 285. The summed E-state index contributed by atoms with van der Waals surface area (Å²) in [5.74, 6) is 0.721. The summed E-state index contributed by atoms with van der Waals surface area (Å²) >= 11 is 1.92. The van der Waals surface area contributed by atoms with Gasteiger partial charge in [-0.3, -0.25) is 4.99 Å². The van der Waals surface area contributed by atoms with Crippen molar-refractivity contribution in [1.29, 1.82) is 0 Å². The second-order valence-electron chi connectivity index (χ2n) is 5.89. The van der Waals surface area contributed by atoms with Crippen LogP contribution in [0.2, 0.25) is 0 Å². The molecule has 0 aromatic heterocycles. The van der Waals surface area contributed by atoms with Gasteiger partial charge in [0.2, 0.25) is 0 Å². The molecule has 3 nitrogen and oxygen atoms in total. The molecule has 2 rings (SSSR count). The Morgan fingerprint density at radius 2 is 2.11 bits per heavy atom. The van der Waals surface area contributed by atoms with Crippen LogP contribution in [0, 0.1) is 5.92 Å².